The van der Waals surface area contributed by atoms with Gasteiger partial charge < -0.3 is 15.8 Å². The maximum Gasteiger partial charge on any atom is 0.0484 e. The van der Waals surface area contributed by atoms with Crippen molar-refractivity contribution in [1.29, 1.82) is 0 Å². The molecule has 1 atom stereocenters. The number of rotatable bonds is 4. The molecule has 78 valence electrons. The Hall–Kier alpha value is -0.120. The largest absolute Gasteiger partial charge is 0.381 e. The van der Waals surface area contributed by atoms with E-state index in [1.54, 1.807) is 0 Å². The monoisotopic (exact) mass is 186 g/mol. The molecule has 1 aliphatic rings. The summed E-state index contributed by atoms with van der Waals surface area (Å²) < 4.78 is 5.29. The SMILES string of the molecule is CCC(C)NCC1(N)CCOCC1. The van der Waals surface area contributed by atoms with E-state index in [1.807, 2.05) is 0 Å². The molecule has 0 saturated carbocycles. The zero-order chi connectivity index (χ0) is 9.73. The average Bonchev–Trinajstić information content (AvgIpc) is 2.15. The molecular weight excluding hydrogens is 164 g/mol. The molecule has 1 fully saturated rings. The Balaban J connectivity index is 2.24. The highest BCUT2D eigenvalue weighted by Crippen LogP contribution is 2.16. The lowest BCUT2D eigenvalue weighted by Gasteiger charge is -2.34. The molecular formula is C10H22N2O. The lowest BCUT2D eigenvalue weighted by atomic mass is 9.91. The molecule has 0 amide bonds. The van der Waals surface area contributed by atoms with Gasteiger partial charge in [0.15, 0.2) is 0 Å². The Morgan fingerprint density at radius 1 is 1.46 bits per heavy atom. The van der Waals surface area contributed by atoms with E-state index in [0.29, 0.717) is 6.04 Å². The van der Waals surface area contributed by atoms with Crippen LogP contribution in [0.15, 0.2) is 0 Å². The van der Waals surface area contributed by atoms with Gasteiger partial charge in [-0.15, -0.1) is 0 Å². The van der Waals surface area contributed by atoms with Gasteiger partial charge in [-0.05, 0) is 26.2 Å². The van der Waals surface area contributed by atoms with Crippen molar-refractivity contribution < 1.29 is 4.74 Å². The number of ether oxygens (including phenoxy) is 1. The van der Waals surface area contributed by atoms with Crippen LogP contribution in [0.2, 0.25) is 0 Å². The summed E-state index contributed by atoms with van der Waals surface area (Å²) in [4.78, 5) is 0. The maximum atomic E-state index is 6.22. The average molecular weight is 186 g/mol. The molecule has 1 saturated heterocycles. The lowest BCUT2D eigenvalue weighted by Crippen LogP contribution is -2.53. The Morgan fingerprint density at radius 3 is 2.62 bits per heavy atom. The highest BCUT2D eigenvalue weighted by Gasteiger charge is 2.27. The number of hydrogen-bond donors (Lipinski definition) is 2. The molecule has 0 aromatic rings. The van der Waals surface area contributed by atoms with E-state index in [9.17, 15) is 0 Å². The van der Waals surface area contributed by atoms with Crippen LogP contribution < -0.4 is 11.1 Å². The first-order valence-corrected chi connectivity index (χ1v) is 5.26. The Bertz CT molecular complexity index is 144. The van der Waals surface area contributed by atoms with Crippen molar-refractivity contribution in [2.75, 3.05) is 19.8 Å². The van der Waals surface area contributed by atoms with Crippen LogP contribution >= 0.6 is 0 Å². The summed E-state index contributed by atoms with van der Waals surface area (Å²) >= 11 is 0. The second-order valence-electron chi connectivity index (χ2n) is 4.16. The highest BCUT2D eigenvalue weighted by molar-refractivity contribution is 4.89. The van der Waals surface area contributed by atoms with Gasteiger partial charge in [0.25, 0.3) is 0 Å². The van der Waals surface area contributed by atoms with Gasteiger partial charge in [-0.3, -0.25) is 0 Å². The molecule has 0 aromatic heterocycles. The van der Waals surface area contributed by atoms with Crippen LogP contribution in [0, 0.1) is 0 Å². The van der Waals surface area contributed by atoms with Gasteiger partial charge in [0.2, 0.25) is 0 Å². The second kappa shape index (κ2) is 4.94. The Labute approximate surface area is 81.0 Å². The van der Waals surface area contributed by atoms with Crippen LogP contribution in [0.25, 0.3) is 0 Å². The Kier molecular flexibility index (Phi) is 4.16. The normalized spacial score (nSPS) is 24.2. The summed E-state index contributed by atoms with van der Waals surface area (Å²) in [6.45, 7) is 6.94. The number of nitrogens with two attached hydrogens (primary N) is 1. The molecule has 3 N–H and O–H groups in total. The first-order valence-electron chi connectivity index (χ1n) is 5.26. The van der Waals surface area contributed by atoms with Crippen LogP contribution in [0.1, 0.15) is 33.1 Å². The summed E-state index contributed by atoms with van der Waals surface area (Å²) in [5, 5.41) is 3.46. The third kappa shape index (κ3) is 3.63. The fourth-order valence-corrected chi connectivity index (χ4v) is 1.48. The van der Waals surface area contributed by atoms with E-state index in [1.165, 1.54) is 0 Å². The van der Waals surface area contributed by atoms with Crippen LogP contribution in [0.3, 0.4) is 0 Å². The zero-order valence-corrected chi connectivity index (χ0v) is 8.81. The van der Waals surface area contributed by atoms with Crippen molar-refractivity contribution in [3.63, 3.8) is 0 Å². The molecule has 0 aliphatic carbocycles. The predicted molar refractivity (Wildman–Crippen MR) is 54.7 cm³/mol. The van der Waals surface area contributed by atoms with Crippen molar-refractivity contribution in [2.45, 2.75) is 44.7 Å². The molecule has 0 aromatic carbocycles. The summed E-state index contributed by atoms with van der Waals surface area (Å²) in [6, 6.07) is 0.572. The van der Waals surface area contributed by atoms with Crippen LogP contribution in [0.4, 0.5) is 0 Å². The molecule has 0 bridgehead atoms. The van der Waals surface area contributed by atoms with E-state index < -0.39 is 0 Å². The predicted octanol–water partition coefficient (Wildman–Crippen LogP) is 0.882. The van der Waals surface area contributed by atoms with E-state index >= 15 is 0 Å². The smallest absolute Gasteiger partial charge is 0.0484 e. The third-order valence-corrected chi connectivity index (χ3v) is 2.90. The minimum absolute atomic E-state index is 0.0261. The van der Waals surface area contributed by atoms with Crippen molar-refractivity contribution in [3.8, 4) is 0 Å². The third-order valence-electron chi connectivity index (χ3n) is 2.90. The molecule has 1 heterocycles. The second-order valence-corrected chi connectivity index (χ2v) is 4.16. The standard InChI is InChI=1S/C10H22N2O/c1-3-9(2)12-8-10(11)4-6-13-7-5-10/h9,12H,3-8,11H2,1-2H3. The zero-order valence-electron chi connectivity index (χ0n) is 8.81. The van der Waals surface area contributed by atoms with E-state index in [-0.39, 0.29) is 5.54 Å². The Morgan fingerprint density at radius 2 is 2.08 bits per heavy atom. The van der Waals surface area contributed by atoms with Gasteiger partial charge in [-0.2, -0.15) is 0 Å². The minimum atomic E-state index is -0.0261. The first-order chi connectivity index (χ1) is 6.16. The number of hydrogen-bond acceptors (Lipinski definition) is 3. The molecule has 13 heavy (non-hydrogen) atoms. The fraction of sp³-hybridized carbons (Fsp3) is 1.00. The highest BCUT2D eigenvalue weighted by atomic mass is 16.5. The van der Waals surface area contributed by atoms with Gasteiger partial charge in [-0.25, -0.2) is 0 Å². The summed E-state index contributed by atoms with van der Waals surface area (Å²) in [7, 11) is 0. The molecule has 0 spiro atoms. The van der Waals surface area contributed by atoms with Crippen molar-refractivity contribution in [3.05, 3.63) is 0 Å². The van der Waals surface area contributed by atoms with Crippen molar-refractivity contribution >= 4 is 0 Å². The van der Waals surface area contributed by atoms with Gasteiger partial charge in [0, 0.05) is 31.3 Å². The number of nitrogens with one attached hydrogen (secondary N) is 1. The van der Waals surface area contributed by atoms with E-state index in [4.69, 9.17) is 10.5 Å². The van der Waals surface area contributed by atoms with E-state index in [2.05, 4.69) is 19.2 Å². The lowest BCUT2D eigenvalue weighted by molar-refractivity contribution is 0.0523. The van der Waals surface area contributed by atoms with Crippen LogP contribution in [-0.4, -0.2) is 31.3 Å². The van der Waals surface area contributed by atoms with Crippen molar-refractivity contribution in [1.82, 2.24) is 5.32 Å². The fourth-order valence-electron chi connectivity index (χ4n) is 1.48. The molecule has 3 heteroatoms. The van der Waals surface area contributed by atoms with Gasteiger partial charge >= 0.3 is 0 Å². The van der Waals surface area contributed by atoms with Crippen LogP contribution in [-0.2, 0) is 4.74 Å². The first kappa shape index (κ1) is 11.0. The topological polar surface area (TPSA) is 47.3 Å². The van der Waals surface area contributed by atoms with Gasteiger partial charge in [-0.1, -0.05) is 6.92 Å². The van der Waals surface area contributed by atoms with E-state index in [0.717, 1.165) is 39.0 Å². The summed E-state index contributed by atoms with van der Waals surface area (Å²) in [6.07, 6.45) is 3.12. The van der Waals surface area contributed by atoms with Gasteiger partial charge in [0.1, 0.15) is 0 Å². The van der Waals surface area contributed by atoms with Crippen molar-refractivity contribution in [2.24, 2.45) is 5.73 Å². The minimum Gasteiger partial charge on any atom is -0.381 e. The maximum absolute atomic E-state index is 6.22. The molecule has 1 aliphatic heterocycles. The quantitative estimate of drug-likeness (QED) is 0.685. The van der Waals surface area contributed by atoms with Crippen LogP contribution in [0.5, 0.6) is 0 Å². The molecule has 1 rings (SSSR count). The molecule has 0 radical (unpaired) electrons. The summed E-state index contributed by atoms with van der Waals surface area (Å²) in [5.74, 6) is 0. The molecule has 1 unspecified atom stereocenters. The molecule has 3 nitrogen and oxygen atoms in total. The van der Waals surface area contributed by atoms with Gasteiger partial charge in [0.05, 0.1) is 0 Å². The summed E-state index contributed by atoms with van der Waals surface area (Å²) in [5.41, 5.74) is 6.19.